The number of esters is 1. The van der Waals surface area contributed by atoms with E-state index in [1.54, 1.807) is 18.2 Å². The predicted octanol–water partition coefficient (Wildman–Crippen LogP) is 2.47. The van der Waals surface area contributed by atoms with Crippen LogP contribution in [0.3, 0.4) is 0 Å². The molecule has 0 saturated carbocycles. The van der Waals surface area contributed by atoms with Crippen molar-refractivity contribution in [3.8, 4) is 0 Å². The minimum atomic E-state index is -1.08. The summed E-state index contributed by atoms with van der Waals surface area (Å²) in [6, 6.07) is 4.05. The highest BCUT2D eigenvalue weighted by molar-refractivity contribution is 6.33. The van der Waals surface area contributed by atoms with Gasteiger partial charge in [0.2, 0.25) is 11.8 Å². The standard InChI is InChI=1S/C20H21ClN2O5/c1-11-7-8-16(15(21)9-11)22-17(24)10-28-20(27)12(2)23-18(25)13-5-3-4-6-14(13)19(23)26/h3-4,7-9,12-14H,5-6,10H2,1-2H3,(H,22,24)/t12-,13-,14-/m0/s1. The molecular weight excluding hydrogens is 384 g/mol. The van der Waals surface area contributed by atoms with Gasteiger partial charge in [0, 0.05) is 0 Å². The summed E-state index contributed by atoms with van der Waals surface area (Å²) in [5, 5.41) is 2.93. The van der Waals surface area contributed by atoms with Crippen molar-refractivity contribution in [3.63, 3.8) is 0 Å². The lowest BCUT2D eigenvalue weighted by atomic mass is 9.85. The fraction of sp³-hybridized carbons (Fsp3) is 0.400. The Hall–Kier alpha value is -2.67. The van der Waals surface area contributed by atoms with E-state index < -0.39 is 36.4 Å². The van der Waals surface area contributed by atoms with Gasteiger partial charge in [0.15, 0.2) is 6.61 Å². The van der Waals surface area contributed by atoms with Gasteiger partial charge >= 0.3 is 5.97 Å². The average molecular weight is 405 g/mol. The van der Waals surface area contributed by atoms with Crippen LogP contribution in [0.25, 0.3) is 0 Å². The number of fused-ring (bicyclic) bond motifs is 1. The molecule has 28 heavy (non-hydrogen) atoms. The van der Waals surface area contributed by atoms with Crippen LogP contribution in [0.15, 0.2) is 30.4 Å². The topological polar surface area (TPSA) is 92.8 Å². The molecular formula is C20H21ClN2O5. The number of ether oxygens (including phenoxy) is 1. The third-order valence-corrected chi connectivity index (χ3v) is 5.33. The monoisotopic (exact) mass is 404 g/mol. The maximum absolute atomic E-state index is 12.5. The van der Waals surface area contributed by atoms with Crippen molar-refractivity contribution in [2.75, 3.05) is 11.9 Å². The molecule has 148 valence electrons. The Morgan fingerprint density at radius 1 is 1.21 bits per heavy atom. The van der Waals surface area contributed by atoms with E-state index in [1.165, 1.54) is 6.92 Å². The van der Waals surface area contributed by atoms with E-state index >= 15 is 0 Å². The second-order valence-corrected chi connectivity index (χ2v) is 7.42. The van der Waals surface area contributed by atoms with Gasteiger partial charge in [0.05, 0.1) is 22.5 Å². The number of rotatable bonds is 5. The molecule has 0 spiro atoms. The lowest BCUT2D eigenvalue weighted by Gasteiger charge is -2.21. The molecule has 1 fully saturated rings. The molecule has 0 unspecified atom stereocenters. The summed E-state index contributed by atoms with van der Waals surface area (Å²) >= 11 is 6.06. The molecule has 7 nitrogen and oxygen atoms in total. The molecule has 1 aromatic rings. The Labute approximate surface area is 167 Å². The Morgan fingerprint density at radius 2 is 1.82 bits per heavy atom. The number of allylic oxidation sites excluding steroid dienone is 2. The molecule has 1 N–H and O–H groups in total. The van der Waals surface area contributed by atoms with Crippen molar-refractivity contribution >= 4 is 41.0 Å². The van der Waals surface area contributed by atoms with E-state index in [0.717, 1.165) is 10.5 Å². The minimum absolute atomic E-state index is 0.361. The first-order valence-corrected chi connectivity index (χ1v) is 9.42. The number of nitrogens with one attached hydrogen (secondary N) is 1. The van der Waals surface area contributed by atoms with Crippen molar-refractivity contribution in [3.05, 3.63) is 40.9 Å². The third kappa shape index (κ3) is 3.94. The summed E-state index contributed by atoms with van der Waals surface area (Å²) < 4.78 is 5.01. The highest BCUT2D eigenvalue weighted by Gasteiger charge is 2.50. The zero-order valence-electron chi connectivity index (χ0n) is 15.6. The van der Waals surface area contributed by atoms with Gasteiger partial charge in [-0.25, -0.2) is 4.79 Å². The van der Waals surface area contributed by atoms with Crippen molar-refractivity contribution in [2.45, 2.75) is 32.7 Å². The summed E-state index contributed by atoms with van der Waals surface area (Å²) in [6.07, 6.45) is 4.74. The molecule has 3 amide bonds. The molecule has 0 radical (unpaired) electrons. The number of hydrogen-bond donors (Lipinski definition) is 1. The van der Waals surface area contributed by atoms with E-state index in [4.69, 9.17) is 16.3 Å². The van der Waals surface area contributed by atoms with E-state index in [0.29, 0.717) is 23.6 Å². The average Bonchev–Trinajstić information content (AvgIpc) is 2.92. The van der Waals surface area contributed by atoms with Crippen LogP contribution in [0.5, 0.6) is 0 Å². The van der Waals surface area contributed by atoms with Crippen LogP contribution >= 0.6 is 11.6 Å². The second kappa shape index (κ2) is 8.14. The molecule has 3 rings (SSSR count). The van der Waals surface area contributed by atoms with Gasteiger partial charge in [-0.2, -0.15) is 0 Å². The molecule has 1 aliphatic heterocycles. The smallest absolute Gasteiger partial charge is 0.329 e. The van der Waals surface area contributed by atoms with Crippen LogP contribution in [-0.2, 0) is 23.9 Å². The lowest BCUT2D eigenvalue weighted by Crippen LogP contribution is -2.45. The maximum atomic E-state index is 12.5. The second-order valence-electron chi connectivity index (χ2n) is 7.02. The van der Waals surface area contributed by atoms with Gasteiger partial charge in [-0.3, -0.25) is 19.3 Å². The van der Waals surface area contributed by atoms with E-state index in [2.05, 4.69) is 5.32 Å². The Bertz CT molecular complexity index is 840. The van der Waals surface area contributed by atoms with Crippen molar-refractivity contribution in [2.24, 2.45) is 11.8 Å². The van der Waals surface area contributed by atoms with E-state index in [1.807, 2.05) is 19.1 Å². The van der Waals surface area contributed by atoms with Crippen molar-refractivity contribution in [1.29, 1.82) is 0 Å². The van der Waals surface area contributed by atoms with E-state index in [-0.39, 0.29) is 11.8 Å². The van der Waals surface area contributed by atoms with E-state index in [9.17, 15) is 19.2 Å². The summed E-state index contributed by atoms with van der Waals surface area (Å²) in [7, 11) is 0. The quantitative estimate of drug-likeness (QED) is 0.462. The Balaban J connectivity index is 1.56. The third-order valence-electron chi connectivity index (χ3n) is 5.01. The number of hydrogen-bond acceptors (Lipinski definition) is 5. The van der Waals surface area contributed by atoms with Crippen LogP contribution in [-0.4, -0.2) is 41.2 Å². The summed E-state index contributed by atoms with van der Waals surface area (Å²) in [6.45, 7) is 2.75. The highest BCUT2D eigenvalue weighted by Crippen LogP contribution is 2.36. The van der Waals surface area contributed by atoms with Gasteiger partial charge in [0.25, 0.3) is 5.91 Å². The fourth-order valence-electron chi connectivity index (χ4n) is 3.48. The van der Waals surface area contributed by atoms with Crippen LogP contribution in [0, 0.1) is 18.8 Å². The number of imide groups is 1. The van der Waals surface area contributed by atoms with Crippen LogP contribution < -0.4 is 5.32 Å². The summed E-state index contributed by atoms with van der Waals surface area (Å²) in [4.78, 5) is 50.3. The first-order valence-electron chi connectivity index (χ1n) is 9.04. The molecule has 1 saturated heterocycles. The first-order chi connectivity index (χ1) is 13.3. The van der Waals surface area contributed by atoms with Crippen LogP contribution in [0.4, 0.5) is 5.69 Å². The largest absolute Gasteiger partial charge is 0.454 e. The molecule has 2 aliphatic rings. The molecule has 0 bridgehead atoms. The normalized spacial score (nSPS) is 22.0. The predicted molar refractivity (Wildman–Crippen MR) is 102 cm³/mol. The molecule has 3 atom stereocenters. The zero-order chi connectivity index (χ0) is 20.4. The molecule has 8 heteroatoms. The number of amides is 3. The SMILES string of the molecule is Cc1ccc(NC(=O)COC(=O)[C@H](C)N2C(=O)[C@H]3CC=CC[C@@H]3C2=O)c(Cl)c1. The van der Waals surface area contributed by atoms with Gasteiger partial charge < -0.3 is 10.1 Å². The number of nitrogens with zero attached hydrogens (tertiary/aromatic N) is 1. The lowest BCUT2D eigenvalue weighted by molar-refractivity contribution is -0.159. The Kier molecular flexibility index (Phi) is 5.84. The van der Waals surface area contributed by atoms with Gasteiger partial charge in [0.1, 0.15) is 6.04 Å². The summed E-state index contributed by atoms with van der Waals surface area (Å²) in [5.41, 5.74) is 1.35. The van der Waals surface area contributed by atoms with Crippen LogP contribution in [0.1, 0.15) is 25.3 Å². The molecule has 1 aliphatic carbocycles. The maximum Gasteiger partial charge on any atom is 0.329 e. The number of halogens is 1. The van der Waals surface area contributed by atoms with Crippen LogP contribution in [0.2, 0.25) is 5.02 Å². The number of aryl methyl sites for hydroxylation is 1. The highest BCUT2D eigenvalue weighted by atomic mass is 35.5. The van der Waals surface area contributed by atoms with Gasteiger partial charge in [-0.05, 0) is 44.4 Å². The first kappa shape index (κ1) is 20.1. The summed E-state index contributed by atoms with van der Waals surface area (Å²) in [5.74, 6) is -2.93. The zero-order valence-corrected chi connectivity index (χ0v) is 16.4. The molecule has 1 aromatic carbocycles. The fourth-order valence-corrected chi connectivity index (χ4v) is 3.76. The molecule has 0 aromatic heterocycles. The van der Waals surface area contributed by atoms with Gasteiger partial charge in [-0.1, -0.05) is 29.8 Å². The number of anilines is 1. The minimum Gasteiger partial charge on any atom is -0.454 e. The Morgan fingerprint density at radius 3 is 2.39 bits per heavy atom. The van der Waals surface area contributed by atoms with Crippen molar-refractivity contribution in [1.82, 2.24) is 4.90 Å². The number of carbonyl (C=O) groups is 4. The molecule has 1 heterocycles. The van der Waals surface area contributed by atoms with Gasteiger partial charge in [-0.15, -0.1) is 0 Å². The number of carbonyl (C=O) groups excluding carboxylic acids is 4. The number of benzene rings is 1. The van der Waals surface area contributed by atoms with Crippen molar-refractivity contribution < 1.29 is 23.9 Å². The number of likely N-dealkylation sites (tertiary alicyclic amines) is 1.